The Bertz CT molecular complexity index is 1140. The van der Waals surface area contributed by atoms with Crippen LogP contribution >= 0.6 is 0 Å². The number of alkyl halides is 2. The number of nitrogens with zero attached hydrogens (tertiary/aromatic N) is 4. The molecule has 30 heavy (non-hydrogen) atoms. The van der Waals surface area contributed by atoms with E-state index in [2.05, 4.69) is 22.5 Å². The number of fused-ring (bicyclic) bond motifs is 3. The van der Waals surface area contributed by atoms with E-state index < -0.39 is 5.92 Å². The summed E-state index contributed by atoms with van der Waals surface area (Å²) in [5.74, 6) is -1.68. The van der Waals surface area contributed by atoms with Crippen molar-refractivity contribution in [1.82, 2.24) is 14.5 Å². The third-order valence-electron chi connectivity index (χ3n) is 6.58. The number of benzene rings is 1. The molecule has 2 atom stereocenters. The molecule has 2 aliphatic rings. The zero-order valence-electron chi connectivity index (χ0n) is 16.9. The molecule has 3 heterocycles. The van der Waals surface area contributed by atoms with Crippen molar-refractivity contribution < 1.29 is 13.5 Å². The Labute approximate surface area is 173 Å². The van der Waals surface area contributed by atoms with Crippen molar-refractivity contribution >= 4 is 21.9 Å². The fraction of sp³-hybridized carbons (Fsp3) is 0.522. The van der Waals surface area contributed by atoms with Gasteiger partial charge in [0, 0.05) is 36.8 Å². The number of nitriles is 1. The summed E-state index contributed by atoms with van der Waals surface area (Å²) in [7, 11) is 0. The predicted molar refractivity (Wildman–Crippen MR) is 110 cm³/mol. The fourth-order valence-electron chi connectivity index (χ4n) is 5.03. The number of hydrogen-bond acceptors (Lipinski definition) is 4. The van der Waals surface area contributed by atoms with Crippen LogP contribution in [0.3, 0.4) is 0 Å². The lowest BCUT2D eigenvalue weighted by Gasteiger charge is -2.33. The molecule has 1 aliphatic heterocycles. The van der Waals surface area contributed by atoms with Gasteiger partial charge in [-0.1, -0.05) is 0 Å². The second kappa shape index (κ2) is 7.28. The van der Waals surface area contributed by atoms with Gasteiger partial charge in [-0.15, -0.1) is 0 Å². The Morgan fingerprint density at radius 3 is 2.73 bits per heavy atom. The molecule has 0 N–H and O–H groups in total. The molecule has 2 aromatic heterocycles. The van der Waals surface area contributed by atoms with Crippen LogP contribution in [0.25, 0.3) is 21.9 Å². The standard InChI is InChI=1S/C23H24F2N4O/c1-14-10-17(6-9-30-14)29-21-18-11-15(12-26)2-3-19(18)27-13-20(21)28-22(29)16-4-7-23(24,25)8-5-16/h2-3,11,13-14,16-17H,4-10H2,1H3/t14-,17-/m1/s1. The molecule has 5 rings (SSSR count). The number of halogens is 2. The Kier molecular flexibility index (Phi) is 4.70. The highest BCUT2D eigenvalue weighted by Gasteiger charge is 2.38. The summed E-state index contributed by atoms with van der Waals surface area (Å²) in [4.78, 5) is 9.46. The van der Waals surface area contributed by atoms with Crippen LogP contribution in [0.4, 0.5) is 8.78 Å². The highest BCUT2D eigenvalue weighted by molar-refractivity contribution is 6.03. The lowest BCUT2D eigenvalue weighted by molar-refractivity contribution is -0.0393. The van der Waals surface area contributed by atoms with Gasteiger partial charge >= 0.3 is 0 Å². The van der Waals surface area contributed by atoms with E-state index in [1.165, 1.54) is 0 Å². The molecule has 0 radical (unpaired) electrons. The molecule has 3 aromatic rings. The van der Waals surface area contributed by atoms with Crippen LogP contribution in [0.2, 0.25) is 0 Å². The lowest BCUT2D eigenvalue weighted by Crippen LogP contribution is -2.29. The van der Waals surface area contributed by atoms with E-state index in [0.717, 1.165) is 40.6 Å². The predicted octanol–water partition coefficient (Wildman–Crippen LogP) is 5.49. The van der Waals surface area contributed by atoms with E-state index in [4.69, 9.17) is 9.72 Å². The minimum Gasteiger partial charge on any atom is -0.378 e. The van der Waals surface area contributed by atoms with E-state index in [1.807, 2.05) is 12.1 Å². The van der Waals surface area contributed by atoms with Gasteiger partial charge in [-0.2, -0.15) is 5.26 Å². The summed E-state index contributed by atoms with van der Waals surface area (Å²) in [6.45, 7) is 2.74. The van der Waals surface area contributed by atoms with Crippen molar-refractivity contribution in [3.63, 3.8) is 0 Å². The molecule has 1 saturated carbocycles. The third kappa shape index (κ3) is 3.33. The quantitative estimate of drug-likeness (QED) is 0.560. The summed E-state index contributed by atoms with van der Waals surface area (Å²) in [6.07, 6.45) is 4.28. The van der Waals surface area contributed by atoms with Gasteiger partial charge in [-0.3, -0.25) is 4.98 Å². The second-order valence-electron chi connectivity index (χ2n) is 8.67. The molecule has 7 heteroatoms. The maximum absolute atomic E-state index is 13.8. The Morgan fingerprint density at radius 2 is 2.00 bits per heavy atom. The highest BCUT2D eigenvalue weighted by atomic mass is 19.3. The summed E-state index contributed by atoms with van der Waals surface area (Å²) in [5, 5.41) is 10.3. The van der Waals surface area contributed by atoms with Crippen LogP contribution in [-0.4, -0.2) is 33.2 Å². The maximum atomic E-state index is 13.8. The van der Waals surface area contributed by atoms with Crippen LogP contribution in [0.15, 0.2) is 24.4 Å². The molecule has 2 fully saturated rings. The first-order valence-electron chi connectivity index (χ1n) is 10.7. The first kappa shape index (κ1) is 19.4. The van der Waals surface area contributed by atoms with E-state index in [0.29, 0.717) is 25.0 Å². The number of pyridine rings is 1. The van der Waals surface area contributed by atoms with E-state index >= 15 is 0 Å². The second-order valence-corrected chi connectivity index (χ2v) is 8.67. The highest BCUT2D eigenvalue weighted by Crippen LogP contribution is 2.43. The number of ether oxygens (including phenoxy) is 1. The first-order valence-corrected chi connectivity index (χ1v) is 10.7. The van der Waals surface area contributed by atoms with Gasteiger partial charge in [0.1, 0.15) is 11.3 Å². The van der Waals surface area contributed by atoms with Gasteiger partial charge < -0.3 is 9.30 Å². The van der Waals surface area contributed by atoms with Gasteiger partial charge in [-0.05, 0) is 50.8 Å². The number of aromatic nitrogens is 3. The van der Waals surface area contributed by atoms with Gasteiger partial charge in [0.25, 0.3) is 0 Å². The van der Waals surface area contributed by atoms with Gasteiger partial charge in [0.05, 0.1) is 35.0 Å². The number of hydrogen-bond donors (Lipinski definition) is 0. The molecule has 5 nitrogen and oxygen atoms in total. The molecule has 156 valence electrons. The first-order chi connectivity index (χ1) is 14.4. The summed E-state index contributed by atoms with van der Waals surface area (Å²) in [6, 6.07) is 7.89. The van der Waals surface area contributed by atoms with E-state index in [1.54, 1.807) is 12.3 Å². The zero-order chi connectivity index (χ0) is 20.9. The fourth-order valence-corrected chi connectivity index (χ4v) is 5.03. The van der Waals surface area contributed by atoms with Gasteiger partial charge in [-0.25, -0.2) is 13.8 Å². The normalized spacial score (nSPS) is 24.9. The van der Waals surface area contributed by atoms with Crippen molar-refractivity contribution in [3.8, 4) is 6.07 Å². The minimum atomic E-state index is -2.57. The van der Waals surface area contributed by atoms with E-state index in [-0.39, 0.29) is 30.9 Å². The molecule has 0 amide bonds. The molecule has 0 unspecified atom stereocenters. The monoisotopic (exact) mass is 410 g/mol. The summed E-state index contributed by atoms with van der Waals surface area (Å²) >= 11 is 0. The van der Waals surface area contributed by atoms with Crippen molar-refractivity contribution in [1.29, 1.82) is 5.26 Å². The zero-order valence-corrected chi connectivity index (χ0v) is 16.9. The molecule has 0 spiro atoms. The topological polar surface area (TPSA) is 63.7 Å². The van der Waals surface area contributed by atoms with E-state index in [9.17, 15) is 14.0 Å². The summed E-state index contributed by atoms with van der Waals surface area (Å²) < 4.78 is 35.7. The minimum absolute atomic E-state index is 0.00405. The third-order valence-corrected chi connectivity index (χ3v) is 6.58. The molecular formula is C23H24F2N4O. The smallest absolute Gasteiger partial charge is 0.248 e. The SMILES string of the molecule is C[C@@H]1C[C@H](n2c(C3CCC(F)(F)CC3)nc3cnc4ccc(C#N)cc4c32)CCO1. The van der Waals surface area contributed by atoms with Crippen molar-refractivity contribution in [3.05, 3.63) is 35.8 Å². The average molecular weight is 410 g/mol. The molecule has 1 saturated heterocycles. The Morgan fingerprint density at radius 1 is 1.20 bits per heavy atom. The van der Waals surface area contributed by atoms with Crippen LogP contribution in [0.1, 0.15) is 68.8 Å². The van der Waals surface area contributed by atoms with Crippen LogP contribution in [-0.2, 0) is 4.74 Å². The number of rotatable bonds is 2. The van der Waals surface area contributed by atoms with Crippen LogP contribution < -0.4 is 0 Å². The maximum Gasteiger partial charge on any atom is 0.248 e. The van der Waals surface area contributed by atoms with Gasteiger partial charge in [0.15, 0.2) is 0 Å². The molecular weight excluding hydrogens is 386 g/mol. The Hall–Kier alpha value is -2.59. The molecule has 1 aliphatic carbocycles. The number of imidazole rings is 1. The van der Waals surface area contributed by atoms with Gasteiger partial charge in [0.2, 0.25) is 5.92 Å². The van der Waals surface area contributed by atoms with Crippen molar-refractivity contribution in [2.75, 3.05) is 6.61 Å². The molecule has 1 aromatic carbocycles. The lowest BCUT2D eigenvalue weighted by atomic mass is 9.86. The summed E-state index contributed by atoms with van der Waals surface area (Å²) in [5.41, 5.74) is 3.11. The van der Waals surface area contributed by atoms with Crippen molar-refractivity contribution in [2.24, 2.45) is 0 Å². The Balaban J connectivity index is 1.72. The van der Waals surface area contributed by atoms with Crippen molar-refractivity contribution in [2.45, 2.75) is 69.4 Å². The average Bonchev–Trinajstić information content (AvgIpc) is 3.13. The molecule has 0 bridgehead atoms. The largest absolute Gasteiger partial charge is 0.378 e. The van der Waals surface area contributed by atoms with Crippen LogP contribution in [0.5, 0.6) is 0 Å². The van der Waals surface area contributed by atoms with Crippen LogP contribution in [0, 0.1) is 11.3 Å².